The van der Waals surface area contributed by atoms with E-state index in [0.29, 0.717) is 24.3 Å². The average Bonchev–Trinajstić information content (AvgIpc) is 2.67. The molecule has 0 N–H and O–H groups in total. The van der Waals surface area contributed by atoms with Gasteiger partial charge in [0.2, 0.25) is 5.88 Å². The van der Waals surface area contributed by atoms with Crippen LogP contribution in [0.5, 0.6) is 5.88 Å². The van der Waals surface area contributed by atoms with Crippen molar-refractivity contribution in [3.8, 4) is 5.88 Å². The van der Waals surface area contributed by atoms with Gasteiger partial charge in [-0.25, -0.2) is 31.3 Å². The molecule has 0 atom stereocenters. The molecule has 0 fully saturated rings. The minimum atomic E-state index is -2.75. The smallest absolute Gasteiger partial charge is 0.213 e. The van der Waals surface area contributed by atoms with Crippen molar-refractivity contribution in [3.63, 3.8) is 0 Å². The van der Waals surface area contributed by atoms with Crippen molar-refractivity contribution in [3.05, 3.63) is 77.4 Å². The minimum Gasteiger partial charge on any atom is -0.481 e. The molecule has 27 heavy (non-hydrogen) atoms. The van der Waals surface area contributed by atoms with Crippen molar-refractivity contribution < 1.29 is 31.1 Å². The molecule has 1 aromatic heterocycles. The van der Waals surface area contributed by atoms with E-state index in [1.54, 1.807) is 0 Å². The van der Waals surface area contributed by atoms with Gasteiger partial charge in [0.25, 0.3) is 0 Å². The number of hydrogen-bond donors (Lipinski definition) is 0. The lowest BCUT2D eigenvalue weighted by Gasteiger charge is -2.21. The van der Waals surface area contributed by atoms with E-state index in [4.69, 9.17) is 4.74 Å². The highest BCUT2D eigenvalue weighted by molar-refractivity contribution is 7.79. The lowest BCUT2D eigenvalue weighted by molar-refractivity contribution is 0.399. The van der Waals surface area contributed by atoms with Gasteiger partial charge < -0.3 is 4.74 Å². The normalized spacial score (nSPS) is 11.1. The van der Waals surface area contributed by atoms with Crippen LogP contribution in [0.3, 0.4) is 0 Å². The van der Waals surface area contributed by atoms with Crippen LogP contribution in [0.25, 0.3) is 0 Å². The second-order valence-corrected chi connectivity index (χ2v) is 7.28. The maximum absolute atomic E-state index is 14.4. The SMILES string of the molecule is COc1cccc(P(c2c(F)ccc(F)c2F)c2c(F)ccc(F)c2F)n1. The molecule has 0 aliphatic heterocycles. The molecule has 0 aliphatic carbocycles. The molecule has 3 aromatic rings. The molecule has 0 bridgehead atoms. The minimum absolute atomic E-state index is 0.00515. The summed E-state index contributed by atoms with van der Waals surface area (Å²) in [5.74, 6) is -8.59. The zero-order chi connectivity index (χ0) is 19.7. The summed E-state index contributed by atoms with van der Waals surface area (Å²) in [7, 11) is -1.49. The van der Waals surface area contributed by atoms with Crippen LogP contribution in [0.4, 0.5) is 26.3 Å². The van der Waals surface area contributed by atoms with Gasteiger partial charge in [-0.2, -0.15) is 0 Å². The third kappa shape index (κ3) is 3.49. The van der Waals surface area contributed by atoms with Gasteiger partial charge in [0.15, 0.2) is 23.3 Å². The van der Waals surface area contributed by atoms with Crippen LogP contribution in [-0.2, 0) is 0 Å². The summed E-state index contributed by atoms with van der Waals surface area (Å²) in [6, 6.07) is 6.34. The molecular weight excluding hydrogens is 391 g/mol. The van der Waals surface area contributed by atoms with E-state index in [1.807, 2.05) is 0 Å². The molecule has 0 saturated heterocycles. The van der Waals surface area contributed by atoms with Crippen molar-refractivity contribution in [2.75, 3.05) is 7.11 Å². The molecule has 140 valence electrons. The first kappa shape index (κ1) is 19.2. The predicted octanol–water partition coefficient (Wildman–Crippen LogP) is 3.68. The molecular formula is C18H10F6NOP. The van der Waals surface area contributed by atoms with Crippen LogP contribution in [0, 0.1) is 34.9 Å². The Morgan fingerprint density at radius 2 is 1.19 bits per heavy atom. The molecule has 0 radical (unpaired) electrons. The molecule has 2 nitrogen and oxygen atoms in total. The summed E-state index contributed by atoms with van der Waals surface area (Å²) in [5, 5.41) is -1.87. The first-order valence-corrected chi connectivity index (χ1v) is 8.77. The van der Waals surface area contributed by atoms with Crippen LogP contribution in [0.1, 0.15) is 0 Å². The Labute approximate surface area is 151 Å². The molecule has 0 spiro atoms. The van der Waals surface area contributed by atoms with Crippen molar-refractivity contribution in [2.45, 2.75) is 0 Å². The Morgan fingerprint density at radius 1 is 0.704 bits per heavy atom. The zero-order valence-corrected chi connectivity index (χ0v) is 14.5. The summed E-state index contributed by atoms with van der Waals surface area (Å²) in [6.45, 7) is 0. The zero-order valence-electron chi connectivity index (χ0n) is 13.6. The lowest BCUT2D eigenvalue weighted by atomic mass is 10.3. The summed E-state index contributed by atoms with van der Waals surface area (Å²) < 4.78 is 90.1. The summed E-state index contributed by atoms with van der Waals surface area (Å²) >= 11 is 0. The summed E-state index contributed by atoms with van der Waals surface area (Å²) in [5.41, 5.74) is -0.198. The number of nitrogens with zero attached hydrogens (tertiary/aromatic N) is 1. The Balaban J connectivity index is 2.39. The van der Waals surface area contributed by atoms with Crippen LogP contribution < -0.4 is 20.8 Å². The van der Waals surface area contributed by atoms with Crippen molar-refractivity contribution >= 4 is 24.0 Å². The second kappa shape index (κ2) is 7.56. The lowest BCUT2D eigenvalue weighted by Crippen LogP contribution is -2.31. The van der Waals surface area contributed by atoms with Crippen molar-refractivity contribution in [2.24, 2.45) is 0 Å². The highest BCUT2D eigenvalue weighted by Crippen LogP contribution is 2.37. The molecule has 2 aromatic carbocycles. The van der Waals surface area contributed by atoms with E-state index in [1.165, 1.54) is 25.3 Å². The fourth-order valence-corrected chi connectivity index (χ4v) is 4.72. The fraction of sp³-hybridized carbons (Fsp3) is 0.0556. The fourth-order valence-electron chi connectivity index (χ4n) is 2.43. The predicted molar refractivity (Wildman–Crippen MR) is 89.2 cm³/mol. The second-order valence-electron chi connectivity index (χ2n) is 5.26. The monoisotopic (exact) mass is 401 g/mol. The van der Waals surface area contributed by atoms with Gasteiger partial charge in [-0.1, -0.05) is 6.07 Å². The molecule has 1 heterocycles. The van der Waals surface area contributed by atoms with Gasteiger partial charge in [-0.15, -0.1) is 0 Å². The quantitative estimate of drug-likeness (QED) is 0.378. The number of ether oxygens (including phenoxy) is 1. The largest absolute Gasteiger partial charge is 0.481 e. The third-order valence-corrected chi connectivity index (χ3v) is 6.06. The maximum atomic E-state index is 14.4. The standard InChI is InChI=1S/C18H10F6NOP/c1-26-13-3-2-4-14(25-13)27(17-11(21)7-5-9(19)15(17)23)18-12(22)8-6-10(20)16(18)24/h2-8H,1H3. The van der Waals surface area contributed by atoms with E-state index in [2.05, 4.69) is 4.98 Å². The van der Waals surface area contributed by atoms with Gasteiger partial charge in [0.05, 0.1) is 23.2 Å². The number of benzene rings is 2. The number of hydrogen-bond acceptors (Lipinski definition) is 2. The van der Waals surface area contributed by atoms with Gasteiger partial charge in [-0.3, -0.25) is 0 Å². The molecule has 0 amide bonds. The van der Waals surface area contributed by atoms with Crippen LogP contribution in [0.15, 0.2) is 42.5 Å². The van der Waals surface area contributed by atoms with Crippen molar-refractivity contribution in [1.82, 2.24) is 4.98 Å². The molecule has 0 aliphatic rings. The molecule has 0 saturated carbocycles. The van der Waals surface area contributed by atoms with E-state index < -0.39 is 53.4 Å². The van der Waals surface area contributed by atoms with Gasteiger partial charge >= 0.3 is 0 Å². The Bertz CT molecular complexity index is 956. The van der Waals surface area contributed by atoms with E-state index >= 15 is 0 Å². The average molecular weight is 401 g/mol. The molecule has 9 heteroatoms. The number of rotatable bonds is 4. The van der Waals surface area contributed by atoms with E-state index in [0.717, 1.165) is 0 Å². The third-order valence-electron chi connectivity index (χ3n) is 3.63. The molecule has 3 rings (SSSR count). The van der Waals surface area contributed by atoms with Crippen LogP contribution in [-0.4, -0.2) is 12.1 Å². The first-order chi connectivity index (χ1) is 12.8. The van der Waals surface area contributed by atoms with Crippen LogP contribution in [0.2, 0.25) is 0 Å². The Kier molecular flexibility index (Phi) is 5.37. The van der Waals surface area contributed by atoms with E-state index in [-0.39, 0.29) is 11.3 Å². The maximum Gasteiger partial charge on any atom is 0.213 e. The highest BCUT2D eigenvalue weighted by Gasteiger charge is 2.32. The summed E-state index contributed by atoms with van der Waals surface area (Å²) in [4.78, 5) is 3.96. The topological polar surface area (TPSA) is 22.1 Å². The number of pyridine rings is 1. The van der Waals surface area contributed by atoms with Gasteiger partial charge in [-0.05, 0) is 30.3 Å². The summed E-state index contributed by atoms with van der Waals surface area (Å²) in [6.07, 6.45) is 0. The number of halogens is 6. The molecule has 0 unspecified atom stereocenters. The number of aromatic nitrogens is 1. The van der Waals surface area contributed by atoms with Crippen LogP contribution >= 0.6 is 7.92 Å². The Morgan fingerprint density at radius 3 is 1.67 bits per heavy atom. The van der Waals surface area contributed by atoms with Gasteiger partial charge in [0.1, 0.15) is 11.6 Å². The van der Waals surface area contributed by atoms with Crippen molar-refractivity contribution in [1.29, 1.82) is 0 Å². The Hall–Kier alpha value is -2.60. The van der Waals surface area contributed by atoms with E-state index in [9.17, 15) is 26.3 Å². The van der Waals surface area contributed by atoms with Gasteiger partial charge in [0, 0.05) is 14.0 Å². The first-order valence-electron chi connectivity index (χ1n) is 7.43. The number of methoxy groups -OCH3 is 1. The highest BCUT2D eigenvalue weighted by atomic mass is 31.1.